The molecule has 3 heteroatoms. The summed E-state index contributed by atoms with van der Waals surface area (Å²) in [6, 6.07) is 0. The molecule has 0 aromatic rings. The Labute approximate surface area is 121 Å². The van der Waals surface area contributed by atoms with Gasteiger partial charge in [0, 0.05) is 18.6 Å². The van der Waals surface area contributed by atoms with Gasteiger partial charge in [-0.3, -0.25) is 0 Å². The zero-order valence-electron chi connectivity index (χ0n) is 13.9. The number of aliphatic hydroxyl groups is 1. The van der Waals surface area contributed by atoms with Crippen molar-refractivity contribution in [2.24, 2.45) is 5.41 Å². The average Bonchev–Trinajstić information content (AvgIpc) is 2.42. The van der Waals surface area contributed by atoms with E-state index < -0.39 is 0 Å². The Balaban J connectivity index is 4.12. The molecule has 0 aliphatic rings. The zero-order valence-corrected chi connectivity index (χ0v) is 13.9. The van der Waals surface area contributed by atoms with Crippen molar-refractivity contribution in [1.29, 1.82) is 0 Å². The summed E-state index contributed by atoms with van der Waals surface area (Å²) >= 11 is 0. The van der Waals surface area contributed by atoms with E-state index in [0.29, 0.717) is 6.61 Å². The van der Waals surface area contributed by atoms with Crippen LogP contribution < -0.4 is 0 Å². The molecule has 0 saturated carbocycles. The first kappa shape index (κ1) is 18.9. The number of aliphatic hydroxyl groups excluding tert-OH is 1. The fourth-order valence-corrected chi connectivity index (χ4v) is 2.76. The minimum Gasteiger partial charge on any atom is -0.396 e. The van der Waals surface area contributed by atoms with Gasteiger partial charge in [-0.1, -0.05) is 41.0 Å². The molecule has 3 nitrogen and oxygen atoms in total. The minimum atomic E-state index is 0.0694. The van der Waals surface area contributed by atoms with Crippen molar-refractivity contribution < 1.29 is 5.11 Å². The van der Waals surface area contributed by atoms with Crippen molar-refractivity contribution in [2.75, 3.05) is 45.9 Å². The summed E-state index contributed by atoms with van der Waals surface area (Å²) in [5, 5.41) is 9.62. The van der Waals surface area contributed by atoms with Gasteiger partial charge >= 0.3 is 0 Å². The van der Waals surface area contributed by atoms with Gasteiger partial charge in [0.25, 0.3) is 0 Å². The smallest absolute Gasteiger partial charge is 0.0497 e. The molecule has 0 aliphatic carbocycles. The lowest BCUT2D eigenvalue weighted by atomic mass is 9.86. The van der Waals surface area contributed by atoms with E-state index in [4.69, 9.17) is 0 Å². The van der Waals surface area contributed by atoms with Crippen LogP contribution in [0, 0.1) is 5.41 Å². The van der Waals surface area contributed by atoms with E-state index in [1.54, 1.807) is 0 Å². The predicted molar refractivity (Wildman–Crippen MR) is 84.6 cm³/mol. The normalized spacial score (nSPS) is 15.2. The molecule has 0 saturated heterocycles. The Hall–Kier alpha value is -0.120. The van der Waals surface area contributed by atoms with Crippen LogP contribution in [-0.2, 0) is 0 Å². The monoisotopic (exact) mass is 272 g/mol. The Kier molecular flexibility index (Phi) is 10.6. The van der Waals surface area contributed by atoms with E-state index in [2.05, 4.69) is 44.4 Å². The lowest BCUT2D eigenvalue weighted by Gasteiger charge is -2.34. The van der Waals surface area contributed by atoms with E-state index in [1.807, 2.05) is 0 Å². The van der Waals surface area contributed by atoms with Crippen molar-refractivity contribution in [2.45, 2.75) is 53.9 Å². The van der Waals surface area contributed by atoms with Crippen LogP contribution in [0.3, 0.4) is 0 Å². The summed E-state index contributed by atoms with van der Waals surface area (Å²) in [7, 11) is 0. The van der Waals surface area contributed by atoms with Crippen LogP contribution in [0.2, 0.25) is 0 Å². The third kappa shape index (κ3) is 7.91. The van der Waals surface area contributed by atoms with Crippen LogP contribution in [0.1, 0.15) is 53.9 Å². The molecule has 19 heavy (non-hydrogen) atoms. The molecular weight excluding hydrogens is 236 g/mol. The van der Waals surface area contributed by atoms with Gasteiger partial charge in [-0.05, 0) is 45.6 Å². The quantitative estimate of drug-likeness (QED) is 0.592. The third-order valence-corrected chi connectivity index (χ3v) is 4.13. The third-order valence-electron chi connectivity index (χ3n) is 4.13. The lowest BCUT2D eigenvalue weighted by molar-refractivity contribution is 0.0799. The first-order valence-electron chi connectivity index (χ1n) is 8.10. The number of hydrogen-bond acceptors (Lipinski definition) is 3. The molecule has 0 aromatic heterocycles. The second-order valence-electron chi connectivity index (χ2n) is 5.97. The van der Waals surface area contributed by atoms with E-state index in [9.17, 15) is 5.11 Å². The summed E-state index contributed by atoms with van der Waals surface area (Å²) < 4.78 is 0. The summed E-state index contributed by atoms with van der Waals surface area (Å²) in [5.41, 5.74) is 0.0694. The number of hydrogen-bond donors (Lipinski definition) is 1. The molecule has 0 aromatic carbocycles. The van der Waals surface area contributed by atoms with Gasteiger partial charge in [0.1, 0.15) is 0 Å². The highest BCUT2D eigenvalue weighted by Crippen LogP contribution is 2.23. The Bertz CT molecular complexity index is 207. The van der Waals surface area contributed by atoms with Crippen LogP contribution in [-0.4, -0.2) is 60.8 Å². The van der Waals surface area contributed by atoms with Crippen molar-refractivity contribution in [3.63, 3.8) is 0 Å². The molecule has 0 amide bonds. The molecule has 1 unspecified atom stereocenters. The maximum absolute atomic E-state index is 9.62. The zero-order chi connectivity index (χ0) is 14.7. The van der Waals surface area contributed by atoms with Gasteiger partial charge in [0.2, 0.25) is 0 Å². The molecule has 116 valence electrons. The second kappa shape index (κ2) is 10.6. The fourth-order valence-electron chi connectivity index (χ4n) is 2.76. The standard InChI is InChI=1S/C16H36N2O/c1-6-11-16(5,15-19)14-18(9-4)13-10-12-17(7-2)8-3/h19H,6-15H2,1-5H3. The molecule has 0 rings (SSSR count). The molecular formula is C16H36N2O. The van der Waals surface area contributed by atoms with Crippen LogP contribution in [0.4, 0.5) is 0 Å². The first-order valence-corrected chi connectivity index (χ1v) is 8.10. The molecule has 0 spiro atoms. The fraction of sp³-hybridized carbons (Fsp3) is 1.00. The van der Waals surface area contributed by atoms with Gasteiger partial charge < -0.3 is 14.9 Å². The molecule has 0 aliphatic heterocycles. The van der Waals surface area contributed by atoms with E-state index in [-0.39, 0.29) is 5.41 Å². The Morgan fingerprint density at radius 1 is 0.895 bits per heavy atom. The number of nitrogens with zero attached hydrogens (tertiary/aromatic N) is 2. The topological polar surface area (TPSA) is 26.7 Å². The largest absolute Gasteiger partial charge is 0.396 e. The summed E-state index contributed by atoms with van der Waals surface area (Å²) in [5.74, 6) is 0. The van der Waals surface area contributed by atoms with Crippen molar-refractivity contribution >= 4 is 0 Å². The SMILES string of the molecule is CCCC(C)(CO)CN(CC)CCCN(CC)CC. The molecule has 0 radical (unpaired) electrons. The van der Waals surface area contributed by atoms with Crippen molar-refractivity contribution in [1.82, 2.24) is 9.80 Å². The Morgan fingerprint density at radius 2 is 1.42 bits per heavy atom. The first-order chi connectivity index (χ1) is 9.05. The maximum Gasteiger partial charge on any atom is 0.0497 e. The Morgan fingerprint density at radius 3 is 1.84 bits per heavy atom. The highest BCUT2D eigenvalue weighted by atomic mass is 16.3. The van der Waals surface area contributed by atoms with Crippen LogP contribution in [0.5, 0.6) is 0 Å². The van der Waals surface area contributed by atoms with E-state index >= 15 is 0 Å². The molecule has 0 fully saturated rings. The predicted octanol–water partition coefficient (Wildman–Crippen LogP) is 2.84. The van der Waals surface area contributed by atoms with Gasteiger partial charge in [0.15, 0.2) is 0 Å². The van der Waals surface area contributed by atoms with E-state index in [1.165, 1.54) is 13.0 Å². The highest BCUT2D eigenvalue weighted by molar-refractivity contribution is 4.77. The molecule has 0 heterocycles. The van der Waals surface area contributed by atoms with Crippen molar-refractivity contribution in [3.05, 3.63) is 0 Å². The van der Waals surface area contributed by atoms with Crippen LogP contribution in [0.15, 0.2) is 0 Å². The average molecular weight is 272 g/mol. The van der Waals surface area contributed by atoms with Gasteiger partial charge in [-0.15, -0.1) is 0 Å². The minimum absolute atomic E-state index is 0.0694. The molecule has 1 N–H and O–H groups in total. The van der Waals surface area contributed by atoms with Gasteiger partial charge in [-0.25, -0.2) is 0 Å². The summed E-state index contributed by atoms with van der Waals surface area (Å²) in [6.45, 7) is 18.1. The van der Waals surface area contributed by atoms with E-state index in [0.717, 1.165) is 45.6 Å². The van der Waals surface area contributed by atoms with Gasteiger partial charge in [0.05, 0.1) is 0 Å². The molecule has 1 atom stereocenters. The summed E-state index contributed by atoms with van der Waals surface area (Å²) in [6.07, 6.45) is 3.48. The van der Waals surface area contributed by atoms with Crippen LogP contribution >= 0.6 is 0 Å². The number of rotatable bonds is 12. The second-order valence-corrected chi connectivity index (χ2v) is 5.97. The lowest BCUT2D eigenvalue weighted by Crippen LogP contribution is -2.39. The van der Waals surface area contributed by atoms with Crippen LogP contribution in [0.25, 0.3) is 0 Å². The van der Waals surface area contributed by atoms with Crippen molar-refractivity contribution in [3.8, 4) is 0 Å². The van der Waals surface area contributed by atoms with Gasteiger partial charge in [-0.2, -0.15) is 0 Å². The summed E-state index contributed by atoms with van der Waals surface area (Å²) in [4.78, 5) is 4.97. The maximum atomic E-state index is 9.62. The molecule has 0 bridgehead atoms. The highest BCUT2D eigenvalue weighted by Gasteiger charge is 2.24.